The molecule has 2 rings (SSSR count). The van der Waals surface area contributed by atoms with Crippen molar-refractivity contribution in [1.29, 1.82) is 0 Å². The van der Waals surface area contributed by atoms with Crippen molar-refractivity contribution in [2.75, 3.05) is 0 Å². The third-order valence-corrected chi connectivity index (χ3v) is 2.72. The minimum atomic E-state index is 0.593. The van der Waals surface area contributed by atoms with Crippen LogP contribution in [0.1, 0.15) is 22.5 Å². The molecule has 0 radical (unpaired) electrons. The van der Waals surface area contributed by atoms with Crippen LogP contribution in [0.3, 0.4) is 0 Å². The van der Waals surface area contributed by atoms with Crippen LogP contribution in [0.5, 0.6) is 0 Å². The Bertz CT molecular complexity index is 483. The van der Waals surface area contributed by atoms with Gasteiger partial charge in [-0.1, -0.05) is 30.3 Å². The maximum Gasteiger partial charge on any atom is 0.231 e. The average molecular weight is 228 g/mol. The quantitative estimate of drug-likeness (QED) is 0.736. The van der Waals surface area contributed by atoms with Crippen molar-refractivity contribution in [2.45, 2.75) is 27.4 Å². The molecular formula is C15H18NO+. The normalized spacial score (nSPS) is 10.3. The van der Waals surface area contributed by atoms with Crippen molar-refractivity contribution in [3.63, 3.8) is 0 Å². The number of rotatable bonds is 3. The van der Waals surface area contributed by atoms with Gasteiger partial charge in [0.2, 0.25) is 11.4 Å². The first kappa shape index (κ1) is 11.6. The maximum absolute atomic E-state index is 5.83. The molecule has 2 aromatic rings. The van der Waals surface area contributed by atoms with Gasteiger partial charge in [-0.2, -0.15) is 0 Å². The van der Waals surface area contributed by atoms with E-state index in [-0.39, 0.29) is 0 Å². The summed E-state index contributed by atoms with van der Waals surface area (Å²) >= 11 is 0. The molecule has 1 heterocycles. The van der Waals surface area contributed by atoms with E-state index < -0.39 is 0 Å². The number of pyridine rings is 1. The lowest BCUT2D eigenvalue weighted by Gasteiger charge is -2.04. The fraction of sp³-hybridized carbons (Fsp3) is 0.267. The molecule has 0 bridgehead atoms. The van der Waals surface area contributed by atoms with Gasteiger partial charge in [-0.15, -0.1) is 0 Å². The van der Waals surface area contributed by atoms with Crippen LogP contribution < -0.4 is 9.57 Å². The lowest BCUT2D eigenvalue weighted by Crippen LogP contribution is -2.47. The minimum absolute atomic E-state index is 0.593. The van der Waals surface area contributed by atoms with E-state index in [0.717, 1.165) is 11.4 Å². The highest BCUT2D eigenvalue weighted by molar-refractivity contribution is 5.14. The molecule has 0 N–H and O–H groups in total. The van der Waals surface area contributed by atoms with Crippen LogP contribution in [-0.4, -0.2) is 0 Å². The van der Waals surface area contributed by atoms with Crippen LogP contribution in [-0.2, 0) is 6.61 Å². The average Bonchev–Trinajstić information content (AvgIpc) is 2.29. The molecule has 0 aliphatic carbocycles. The van der Waals surface area contributed by atoms with Crippen molar-refractivity contribution in [3.8, 4) is 0 Å². The van der Waals surface area contributed by atoms with E-state index in [1.807, 2.05) is 22.9 Å². The first-order valence-electron chi connectivity index (χ1n) is 5.84. The first-order valence-corrected chi connectivity index (χ1v) is 5.84. The predicted octanol–water partition coefficient (Wildman–Crippen LogP) is 2.53. The molecule has 0 aliphatic rings. The molecule has 1 aromatic carbocycles. The Hall–Kier alpha value is -1.83. The second-order valence-corrected chi connectivity index (χ2v) is 4.37. The van der Waals surface area contributed by atoms with Crippen LogP contribution in [0.4, 0.5) is 0 Å². The highest BCUT2D eigenvalue weighted by Crippen LogP contribution is 2.02. The molecule has 0 atom stereocenters. The second-order valence-electron chi connectivity index (χ2n) is 4.37. The number of aryl methyl sites for hydroxylation is 3. The Morgan fingerprint density at radius 2 is 1.53 bits per heavy atom. The second kappa shape index (κ2) is 5.00. The van der Waals surface area contributed by atoms with Gasteiger partial charge in [-0.25, -0.2) is 0 Å². The third kappa shape index (κ3) is 2.84. The standard InChI is InChI=1S/C15H18NO/c1-12-9-13(2)16(14(3)10-12)17-11-15-7-5-4-6-8-15/h4-10H,11H2,1-3H3/q+1. The highest BCUT2D eigenvalue weighted by atomic mass is 16.7. The van der Waals surface area contributed by atoms with Crippen LogP contribution >= 0.6 is 0 Å². The molecule has 0 saturated heterocycles. The maximum atomic E-state index is 5.83. The Balaban J connectivity index is 2.15. The molecule has 0 saturated carbocycles. The van der Waals surface area contributed by atoms with Gasteiger partial charge in [-0.05, 0) is 18.1 Å². The zero-order chi connectivity index (χ0) is 12.3. The first-order chi connectivity index (χ1) is 8.16. The number of hydrogen-bond acceptors (Lipinski definition) is 1. The molecule has 2 nitrogen and oxygen atoms in total. The van der Waals surface area contributed by atoms with E-state index in [9.17, 15) is 0 Å². The van der Waals surface area contributed by atoms with Gasteiger partial charge in [0.25, 0.3) is 0 Å². The number of benzene rings is 1. The minimum Gasteiger partial charge on any atom is -0.266 e. The zero-order valence-corrected chi connectivity index (χ0v) is 10.6. The van der Waals surface area contributed by atoms with E-state index in [1.165, 1.54) is 11.1 Å². The topological polar surface area (TPSA) is 13.1 Å². The summed E-state index contributed by atoms with van der Waals surface area (Å²) in [5.74, 6) is 0. The smallest absolute Gasteiger partial charge is 0.231 e. The van der Waals surface area contributed by atoms with Crippen LogP contribution in [0.2, 0.25) is 0 Å². The number of aromatic nitrogens is 1. The van der Waals surface area contributed by atoms with Gasteiger partial charge in [0.15, 0.2) is 6.61 Å². The van der Waals surface area contributed by atoms with Crippen molar-refractivity contribution in [1.82, 2.24) is 0 Å². The zero-order valence-electron chi connectivity index (χ0n) is 10.6. The Labute approximate surface area is 102 Å². The lowest BCUT2D eigenvalue weighted by molar-refractivity contribution is -0.903. The molecule has 1 aromatic heterocycles. The van der Waals surface area contributed by atoms with Gasteiger partial charge >= 0.3 is 0 Å². The number of nitrogens with zero attached hydrogens (tertiary/aromatic N) is 1. The molecule has 0 aliphatic heterocycles. The summed E-state index contributed by atoms with van der Waals surface area (Å²) in [6, 6.07) is 14.4. The molecule has 0 amide bonds. The van der Waals surface area contributed by atoms with E-state index in [0.29, 0.717) is 6.61 Å². The van der Waals surface area contributed by atoms with Crippen LogP contribution in [0, 0.1) is 20.8 Å². The van der Waals surface area contributed by atoms with Gasteiger partial charge in [0, 0.05) is 30.7 Å². The van der Waals surface area contributed by atoms with Gasteiger partial charge < -0.3 is 0 Å². The van der Waals surface area contributed by atoms with E-state index >= 15 is 0 Å². The number of hydrogen-bond donors (Lipinski definition) is 0. The molecule has 17 heavy (non-hydrogen) atoms. The molecule has 2 heteroatoms. The highest BCUT2D eigenvalue weighted by Gasteiger charge is 2.13. The molecular weight excluding hydrogens is 210 g/mol. The summed E-state index contributed by atoms with van der Waals surface area (Å²) in [5.41, 5.74) is 4.69. The lowest BCUT2D eigenvalue weighted by atomic mass is 10.2. The fourth-order valence-electron chi connectivity index (χ4n) is 2.01. The summed E-state index contributed by atoms with van der Waals surface area (Å²) in [4.78, 5) is 5.83. The van der Waals surface area contributed by atoms with Gasteiger partial charge in [-0.3, -0.25) is 4.84 Å². The molecule has 0 unspecified atom stereocenters. The van der Waals surface area contributed by atoms with E-state index in [4.69, 9.17) is 4.84 Å². The predicted molar refractivity (Wildman–Crippen MR) is 67.6 cm³/mol. The van der Waals surface area contributed by atoms with Gasteiger partial charge in [0.1, 0.15) is 0 Å². The van der Waals surface area contributed by atoms with Crippen molar-refractivity contribution in [2.24, 2.45) is 0 Å². The van der Waals surface area contributed by atoms with Gasteiger partial charge in [0.05, 0.1) is 0 Å². The Morgan fingerprint density at radius 1 is 0.941 bits per heavy atom. The molecule has 0 fully saturated rings. The van der Waals surface area contributed by atoms with Crippen LogP contribution in [0.15, 0.2) is 42.5 Å². The SMILES string of the molecule is Cc1cc(C)[n+](OCc2ccccc2)c(C)c1. The van der Waals surface area contributed by atoms with Crippen molar-refractivity contribution in [3.05, 3.63) is 65.0 Å². The summed E-state index contributed by atoms with van der Waals surface area (Å²) in [7, 11) is 0. The summed E-state index contributed by atoms with van der Waals surface area (Å²) < 4.78 is 1.89. The fourth-order valence-corrected chi connectivity index (χ4v) is 2.01. The van der Waals surface area contributed by atoms with Crippen LogP contribution in [0.25, 0.3) is 0 Å². The van der Waals surface area contributed by atoms with E-state index in [1.54, 1.807) is 0 Å². The third-order valence-electron chi connectivity index (χ3n) is 2.72. The molecule has 0 spiro atoms. The Kier molecular flexibility index (Phi) is 3.43. The van der Waals surface area contributed by atoms with E-state index in [2.05, 4.69) is 45.0 Å². The summed E-state index contributed by atoms with van der Waals surface area (Å²) in [5, 5.41) is 0. The monoisotopic (exact) mass is 228 g/mol. The van der Waals surface area contributed by atoms with Crippen molar-refractivity contribution >= 4 is 0 Å². The summed E-state index contributed by atoms with van der Waals surface area (Å²) in [6.45, 7) is 6.81. The Morgan fingerprint density at radius 3 is 2.12 bits per heavy atom. The molecule has 88 valence electrons. The van der Waals surface area contributed by atoms with Crippen molar-refractivity contribution < 1.29 is 9.57 Å². The largest absolute Gasteiger partial charge is 0.266 e. The summed E-state index contributed by atoms with van der Waals surface area (Å²) in [6.07, 6.45) is 0.